The molecule has 2 aromatic rings. The van der Waals surface area contributed by atoms with E-state index >= 15 is 0 Å². The number of hydrogen-bond acceptors (Lipinski definition) is 3. The Morgan fingerprint density at radius 3 is 2.67 bits per heavy atom. The molecule has 0 amide bonds. The van der Waals surface area contributed by atoms with Crippen molar-refractivity contribution in [2.75, 3.05) is 0 Å². The van der Waals surface area contributed by atoms with Crippen LogP contribution in [0.2, 0.25) is 0 Å². The minimum Gasteiger partial charge on any atom is -0.305 e. The molecule has 1 atom stereocenters. The molecule has 0 bridgehead atoms. The zero-order valence-corrected chi connectivity index (χ0v) is 11.4. The van der Waals surface area contributed by atoms with Gasteiger partial charge in [-0.05, 0) is 31.0 Å². The van der Waals surface area contributed by atoms with Gasteiger partial charge in [0.15, 0.2) is 0 Å². The normalized spacial score (nSPS) is 12.6. The maximum atomic E-state index is 12.8. The summed E-state index contributed by atoms with van der Waals surface area (Å²) in [6.45, 7) is 4.92. The van der Waals surface area contributed by atoms with Crippen molar-refractivity contribution in [3.05, 3.63) is 51.7 Å². The predicted octanol–water partition coefficient (Wildman–Crippen LogP) is 3.70. The molecule has 0 fully saturated rings. The fourth-order valence-corrected chi connectivity index (χ4v) is 2.46. The van der Waals surface area contributed by atoms with Gasteiger partial charge in [-0.2, -0.15) is 0 Å². The molecule has 2 nitrogen and oxygen atoms in total. The molecular weight excluding hydrogens is 247 g/mol. The molecule has 1 unspecified atom stereocenters. The first-order valence-corrected chi connectivity index (χ1v) is 6.99. The monoisotopic (exact) mass is 264 g/mol. The highest BCUT2D eigenvalue weighted by molar-refractivity contribution is 7.09. The minimum atomic E-state index is -0.196. The van der Waals surface area contributed by atoms with Gasteiger partial charge in [0.25, 0.3) is 0 Å². The van der Waals surface area contributed by atoms with E-state index in [2.05, 4.69) is 29.5 Å². The summed E-state index contributed by atoms with van der Waals surface area (Å²) < 4.78 is 12.8. The fourth-order valence-electron chi connectivity index (χ4n) is 1.72. The van der Waals surface area contributed by atoms with Crippen LogP contribution in [0.4, 0.5) is 4.39 Å². The summed E-state index contributed by atoms with van der Waals surface area (Å²) in [4.78, 5) is 4.50. The molecule has 0 saturated heterocycles. The van der Waals surface area contributed by atoms with Crippen molar-refractivity contribution in [2.45, 2.75) is 32.9 Å². The van der Waals surface area contributed by atoms with E-state index < -0.39 is 0 Å². The quantitative estimate of drug-likeness (QED) is 0.890. The first kappa shape index (κ1) is 13.2. The third-order valence-electron chi connectivity index (χ3n) is 2.86. The summed E-state index contributed by atoms with van der Waals surface area (Å²) >= 11 is 1.70. The molecule has 0 saturated carbocycles. The molecular formula is C14H17FN2S. The molecule has 0 aliphatic rings. The Kier molecular flexibility index (Phi) is 4.44. The van der Waals surface area contributed by atoms with Crippen LogP contribution in [0.15, 0.2) is 29.6 Å². The lowest BCUT2D eigenvalue weighted by Crippen LogP contribution is -2.18. The number of halogens is 1. The van der Waals surface area contributed by atoms with Crippen molar-refractivity contribution in [3.63, 3.8) is 0 Å². The number of nitrogens with one attached hydrogen (secondary N) is 1. The summed E-state index contributed by atoms with van der Waals surface area (Å²) in [6, 6.07) is 6.80. The number of aryl methyl sites for hydroxylation is 1. The van der Waals surface area contributed by atoms with E-state index in [4.69, 9.17) is 0 Å². The Morgan fingerprint density at radius 2 is 2.06 bits per heavy atom. The molecule has 18 heavy (non-hydrogen) atoms. The van der Waals surface area contributed by atoms with Crippen LogP contribution in [-0.2, 0) is 13.0 Å². The molecule has 1 heterocycles. The second kappa shape index (κ2) is 6.07. The van der Waals surface area contributed by atoms with Crippen molar-refractivity contribution in [1.29, 1.82) is 0 Å². The third kappa shape index (κ3) is 3.37. The fraction of sp³-hybridized carbons (Fsp3) is 0.357. The number of rotatable bonds is 5. The smallest absolute Gasteiger partial charge is 0.123 e. The third-order valence-corrected chi connectivity index (χ3v) is 3.90. The van der Waals surface area contributed by atoms with Gasteiger partial charge in [0, 0.05) is 18.0 Å². The van der Waals surface area contributed by atoms with E-state index in [1.165, 1.54) is 17.1 Å². The highest BCUT2D eigenvalue weighted by Crippen LogP contribution is 2.15. The van der Waals surface area contributed by atoms with Gasteiger partial charge < -0.3 is 5.32 Å². The lowest BCUT2D eigenvalue weighted by atomic mass is 10.1. The minimum absolute atomic E-state index is 0.192. The van der Waals surface area contributed by atoms with Crippen LogP contribution in [0.5, 0.6) is 0 Å². The molecule has 1 aromatic heterocycles. The number of aromatic nitrogens is 1. The molecule has 0 aliphatic carbocycles. The van der Waals surface area contributed by atoms with Gasteiger partial charge in [0.05, 0.1) is 10.7 Å². The molecule has 2 rings (SSSR count). The van der Waals surface area contributed by atoms with Gasteiger partial charge in [-0.3, -0.25) is 0 Å². The van der Waals surface area contributed by atoms with Crippen LogP contribution in [-0.4, -0.2) is 4.98 Å². The van der Waals surface area contributed by atoms with E-state index in [1.54, 1.807) is 11.3 Å². The summed E-state index contributed by atoms with van der Waals surface area (Å²) in [6.07, 6.45) is 0.984. The van der Waals surface area contributed by atoms with Gasteiger partial charge in [-0.25, -0.2) is 9.37 Å². The number of thiazole rings is 1. The average molecular weight is 264 g/mol. The lowest BCUT2D eigenvalue weighted by molar-refractivity contribution is 0.565. The van der Waals surface area contributed by atoms with E-state index in [1.807, 2.05) is 12.1 Å². The highest BCUT2D eigenvalue weighted by Gasteiger charge is 2.06. The van der Waals surface area contributed by atoms with Crippen LogP contribution in [0.3, 0.4) is 0 Å². The van der Waals surface area contributed by atoms with Crippen molar-refractivity contribution in [1.82, 2.24) is 10.3 Å². The number of nitrogens with zero attached hydrogens (tertiary/aromatic N) is 1. The highest BCUT2D eigenvalue weighted by atomic mass is 32.1. The maximum Gasteiger partial charge on any atom is 0.123 e. The molecule has 1 aromatic carbocycles. The Labute approximate surface area is 111 Å². The topological polar surface area (TPSA) is 24.9 Å². The molecule has 0 spiro atoms. The first-order valence-electron chi connectivity index (χ1n) is 6.11. The summed E-state index contributed by atoms with van der Waals surface area (Å²) in [5.74, 6) is -0.196. The summed E-state index contributed by atoms with van der Waals surface area (Å²) in [5, 5.41) is 6.65. The average Bonchev–Trinajstić information content (AvgIpc) is 2.85. The number of benzene rings is 1. The van der Waals surface area contributed by atoms with Crippen molar-refractivity contribution in [3.8, 4) is 0 Å². The summed E-state index contributed by atoms with van der Waals surface area (Å²) in [5.41, 5.74) is 2.16. The predicted molar refractivity (Wildman–Crippen MR) is 73.1 cm³/mol. The Morgan fingerprint density at radius 1 is 1.33 bits per heavy atom. The van der Waals surface area contributed by atoms with Crippen molar-refractivity contribution >= 4 is 11.3 Å². The van der Waals surface area contributed by atoms with Gasteiger partial charge in [0.2, 0.25) is 0 Å². The Bertz CT molecular complexity index is 493. The molecule has 0 aliphatic heterocycles. The molecule has 0 radical (unpaired) electrons. The van der Waals surface area contributed by atoms with E-state index in [0.29, 0.717) is 0 Å². The zero-order valence-electron chi connectivity index (χ0n) is 10.6. The van der Waals surface area contributed by atoms with Crippen molar-refractivity contribution in [2.24, 2.45) is 0 Å². The van der Waals surface area contributed by atoms with Crippen LogP contribution in [0.25, 0.3) is 0 Å². The number of hydrogen-bond donors (Lipinski definition) is 1. The zero-order chi connectivity index (χ0) is 13.0. The van der Waals surface area contributed by atoms with Gasteiger partial charge >= 0.3 is 0 Å². The van der Waals surface area contributed by atoms with E-state index in [-0.39, 0.29) is 11.9 Å². The lowest BCUT2D eigenvalue weighted by Gasteiger charge is -2.13. The SMILES string of the molecule is CCc1nc(CNC(C)c2ccc(F)cc2)cs1. The largest absolute Gasteiger partial charge is 0.305 e. The van der Waals surface area contributed by atoms with Crippen LogP contribution in [0, 0.1) is 5.82 Å². The molecule has 4 heteroatoms. The van der Waals surface area contributed by atoms with Crippen LogP contribution >= 0.6 is 11.3 Å². The second-order valence-corrected chi connectivity index (χ2v) is 5.18. The van der Waals surface area contributed by atoms with Gasteiger partial charge in [0.1, 0.15) is 5.82 Å². The standard InChI is InChI=1S/C14H17FN2S/c1-3-14-17-13(9-18-14)8-16-10(2)11-4-6-12(15)7-5-11/h4-7,9-10,16H,3,8H2,1-2H3. The van der Waals surface area contributed by atoms with E-state index in [9.17, 15) is 4.39 Å². The van der Waals surface area contributed by atoms with Crippen LogP contribution < -0.4 is 5.32 Å². The second-order valence-electron chi connectivity index (χ2n) is 4.24. The van der Waals surface area contributed by atoms with Crippen LogP contribution in [0.1, 0.15) is 36.2 Å². The first-order chi connectivity index (χ1) is 8.69. The van der Waals surface area contributed by atoms with Gasteiger partial charge in [-0.1, -0.05) is 19.1 Å². The Hall–Kier alpha value is -1.26. The summed E-state index contributed by atoms with van der Waals surface area (Å²) in [7, 11) is 0. The maximum absolute atomic E-state index is 12.8. The van der Waals surface area contributed by atoms with Gasteiger partial charge in [-0.15, -0.1) is 11.3 Å². The van der Waals surface area contributed by atoms with Crippen molar-refractivity contribution < 1.29 is 4.39 Å². The molecule has 96 valence electrons. The Balaban J connectivity index is 1.91. The molecule has 1 N–H and O–H groups in total. The van der Waals surface area contributed by atoms with E-state index in [0.717, 1.165) is 24.2 Å².